The number of anilines is 2. The van der Waals surface area contributed by atoms with E-state index in [0.29, 0.717) is 12.6 Å². The molecule has 0 radical (unpaired) electrons. The molecule has 1 unspecified atom stereocenters. The highest BCUT2D eigenvalue weighted by molar-refractivity contribution is 6.10. The molecule has 0 spiro atoms. The summed E-state index contributed by atoms with van der Waals surface area (Å²) in [5, 5.41) is 35.3. The number of amides is 1. The molecule has 1 aliphatic heterocycles. The number of carbonyl (C=O) groups excluding carboxylic acids is 2. The fraction of sp³-hybridized carbons (Fsp3) is 0.300. The van der Waals surface area contributed by atoms with Gasteiger partial charge in [0.1, 0.15) is 12.3 Å². The molecule has 1 heterocycles. The molecule has 1 aliphatic rings. The molecule has 6 rings (SSSR count). The highest BCUT2D eigenvalue weighted by atomic mass is 16.5. The number of benzene rings is 5. The van der Waals surface area contributed by atoms with Gasteiger partial charge in [0, 0.05) is 51.9 Å². The van der Waals surface area contributed by atoms with Crippen LogP contribution >= 0.6 is 0 Å². The van der Waals surface area contributed by atoms with E-state index in [-0.39, 0.29) is 25.4 Å². The van der Waals surface area contributed by atoms with Crippen LogP contribution in [0.4, 0.5) is 34.1 Å². The van der Waals surface area contributed by atoms with Crippen LogP contribution in [-0.2, 0) is 14.3 Å². The van der Waals surface area contributed by atoms with E-state index in [1.807, 2.05) is 104 Å². The van der Waals surface area contributed by atoms with Crippen molar-refractivity contribution in [3.05, 3.63) is 97.1 Å². The lowest BCUT2D eigenvalue weighted by Crippen LogP contribution is -2.49. The number of unbranched alkanes of at least 4 members (excludes halogenated alkanes) is 1. The number of carbonyl (C=O) groups is 2. The van der Waals surface area contributed by atoms with Gasteiger partial charge in [0.25, 0.3) is 0 Å². The van der Waals surface area contributed by atoms with Crippen LogP contribution in [0.15, 0.2) is 118 Å². The van der Waals surface area contributed by atoms with E-state index in [0.717, 1.165) is 75.1 Å². The SMILES string of the molecule is CC(C)NCCCCNC(=O)CCC(=O)OCC1(C)Nc2cccc3c(/N=N/c4ccc(/N=N/c5ccccc5)c5ccccc45)ccc(c23)N1. The van der Waals surface area contributed by atoms with Gasteiger partial charge in [0.05, 0.1) is 29.2 Å². The number of rotatable bonds is 15. The number of nitrogens with one attached hydrogen (secondary N) is 4. The molecule has 0 saturated heterocycles. The number of fused-ring (bicyclic) bond motifs is 1. The monoisotopic (exact) mass is 684 g/mol. The number of ether oxygens (including phenoxy) is 1. The third-order valence-corrected chi connectivity index (χ3v) is 8.57. The molecule has 11 heteroatoms. The maximum Gasteiger partial charge on any atom is 0.306 e. The van der Waals surface area contributed by atoms with Crippen LogP contribution in [0.25, 0.3) is 21.5 Å². The van der Waals surface area contributed by atoms with E-state index in [9.17, 15) is 9.59 Å². The highest BCUT2D eigenvalue weighted by Crippen LogP contribution is 2.43. The van der Waals surface area contributed by atoms with Crippen molar-refractivity contribution in [2.45, 2.75) is 58.2 Å². The van der Waals surface area contributed by atoms with Gasteiger partial charge in [0.15, 0.2) is 0 Å². The van der Waals surface area contributed by atoms with Crippen molar-refractivity contribution in [1.82, 2.24) is 10.6 Å². The zero-order valence-corrected chi connectivity index (χ0v) is 29.3. The zero-order chi connectivity index (χ0) is 35.6. The molecule has 1 amide bonds. The Hall–Kier alpha value is -5.68. The summed E-state index contributed by atoms with van der Waals surface area (Å²) < 4.78 is 5.62. The lowest BCUT2D eigenvalue weighted by Gasteiger charge is -2.38. The molecule has 51 heavy (non-hydrogen) atoms. The van der Waals surface area contributed by atoms with Crippen molar-refractivity contribution in [2.24, 2.45) is 20.5 Å². The Bertz CT molecular complexity index is 2050. The summed E-state index contributed by atoms with van der Waals surface area (Å²) in [5.41, 5.74) is 4.00. The van der Waals surface area contributed by atoms with Crippen molar-refractivity contribution < 1.29 is 14.3 Å². The van der Waals surface area contributed by atoms with Crippen molar-refractivity contribution in [1.29, 1.82) is 0 Å². The maximum atomic E-state index is 12.6. The van der Waals surface area contributed by atoms with Crippen molar-refractivity contribution in [3.8, 4) is 0 Å². The van der Waals surface area contributed by atoms with E-state index in [4.69, 9.17) is 9.85 Å². The van der Waals surface area contributed by atoms with Gasteiger partial charge < -0.3 is 26.0 Å². The van der Waals surface area contributed by atoms with E-state index >= 15 is 0 Å². The molecule has 0 saturated carbocycles. The number of azo groups is 2. The number of hydrogen-bond donors (Lipinski definition) is 4. The van der Waals surface area contributed by atoms with E-state index < -0.39 is 11.6 Å². The minimum atomic E-state index is -0.759. The summed E-state index contributed by atoms with van der Waals surface area (Å²) >= 11 is 0. The zero-order valence-electron chi connectivity index (χ0n) is 29.3. The molecule has 11 nitrogen and oxygen atoms in total. The van der Waals surface area contributed by atoms with Crippen LogP contribution in [0.1, 0.15) is 46.5 Å². The standard InChI is InChI=1S/C40H44N8O3/c1-27(2)41-24-9-10-25-42-37(49)22-23-38(50)51-26-40(3)43-35-17-11-16-31-34(20-21-36(44-40)39(31)35)48-47-33-19-18-32(29-14-7-8-15-30(29)33)46-45-28-12-5-4-6-13-28/h4-8,11-21,27,41,43-44H,9-10,22-26H2,1-3H3,(H,42,49)/b46-45+,48-47+. The molecule has 0 fully saturated rings. The first-order chi connectivity index (χ1) is 24.8. The molecule has 0 aliphatic carbocycles. The van der Waals surface area contributed by atoms with Crippen LogP contribution < -0.4 is 21.3 Å². The smallest absolute Gasteiger partial charge is 0.306 e. The van der Waals surface area contributed by atoms with Gasteiger partial charge in [-0.1, -0.05) is 68.4 Å². The number of esters is 1. The Labute approximate surface area is 298 Å². The fourth-order valence-corrected chi connectivity index (χ4v) is 6.01. The second-order valence-corrected chi connectivity index (χ2v) is 13.2. The summed E-state index contributed by atoms with van der Waals surface area (Å²) in [5.74, 6) is -0.566. The summed E-state index contributed by atoms with van der Waals surface area (Å²) in [6.07, 6.45) is 1.99. The molecule has 5 aromatic rings. The summed E-state index contributed by atoms with van der Waals surface area (Å²) in [7, 11) is 0. The van der Waals surface area contributed by atoms with Gasteiger partial charge in [-0.3, -0.25) is 9.59 Å². The van der Waals surface area contributed by atoms with Gasteiger partial charge >= 0.3 is 5.97 Å². The average Bonchev–Trinajstić information content (AvgIpc) is 3.14. The third kappa shape index (κ3) is 9.11. The van der Waals surface area contributed by atoms with Crippen LogP contribution in [0.3, 0.4) is 0 Å². The van der Waals surface area contributed by atoms with Gasteiger partial charge in [-0.05, 0) is 68.8 Å². The Morgan fingerprint density at radius 3 is 1.98 bits per heavy atom. The van der Waals surface area contributed by atoms with Crippen LogP contribution in [0.2, 0.25) is 0 Å². The fourth-order valence-electron chi connectivity index (χ4n) is 6.01. The van der Waals surface area contributed by atoms with E-state index in [2.05, 4.69) is 50.5 Å². The van der Waals surface area contributed by atoms with Gasteiger partial charge in [0.2, 0.25) is 5.91 Å². The maximum absolute atomic E-state index is 12.6. The van der Waals surface area contributed by atoms with Crippen LogP contribution in [0, 0.1) is 0 Å². The Morgan fingerprint density at radius 1 is 0.686 bits per heavy atom. The summed E-state index contributed by atoms with van der Waals surface area (Å²) in [6.45, 7) is 7.74. The van der Waals surface area contributed by atoms with Gasteiger partial charge in [-0.2, -0.15) is 5.11 Å². The normalized spacial score (nSPS) is 15.4. The quantitative estimate of drug-likeness (QED) is 0.0492. The lowest BCUT2D eigenvalue weighted by molar-refractivity contribution is -0.146. The topological polar surface area (TPSA) is 141 Å². The van der Waals surface area contributed by atoms with E-state index in [1.165, 1.54) is 0 Å². The van der Waals surface area contributed by atoms with Crippen molar-refractivity contribution in [3.63, 3.8) is 0 Å². The number of hydrogen-bond acceptors (Lipinski definition) is 10. The second-order valence-electron chi connectivity index (χ2n) is 13.2. The van der Waals surface area contributed by atoms with E-state index in [1.54, 1.807) is 0 Å². The number of nitrogens with zero attached hydrogens (tertiary/aromatic N) is 4. The highest BCUT2D eigenvalue weighted by Gasteiger charge is 2.32. The molecule has 1 atom stereocenters. The molecule has 4 N–H and O–H groups in total. The third-order valence-electron chi connectivity index (χ3n) is 8.57. The molecule has 0 aromatic heterocycles. The largest absolute Gasteiger partial charge is 0.461 e. The first-order valence-electron chi connectivity index (χ1n) is 17.5. The van der Waals surface area contributed by atoms with Gasteiger partial charge in [-0.25, -0.2) is 0 Å². The Morgan fingerprint density at radius 2 is 1.27 bits per heavy atom. The average molecular weight is 685 g/mol. The van der Waals surface area contributed by atoms with Crippen molar-refractivity contribution >= 4 is 67.5 Å². The summed E-state index contributed by atoms with van der Waals surface area (Å²) in [6, 6.07) is 31.7. The van der Waals surface area contributed by atoms with Gasteiger partial charge in [-0.15, -0.1) is 15.3 Å². The minimum absolute atomic E-state index is 0.0210. The second kappa shape index (κ2) is 16.4. The predicted molar refractivity (Wildman–Crippen MR) is 204 cm³/mol. The summed E-state index contributed by atoms with van der Waals surface area (Å²) in [4.78, 5) is 24.8. The van der Waals surface area contributed by atoms with Crippen LogP contribution in [0.5, 0.6) is 0 Å². The molecular weight excluding hydrogens is 640 g/mol. The molecule has 5 aromatic carbocycles. The first-order valence-corrected chi connectivity index (χ1v) is 17.5. The van der Waals surface area contributed by atoms with Crippen LogP contribution in [-0.4, -0.2) is 43.3 Å². The lowest BCUT2D eigenvalue weighted by atomic mass is 9.99. The molecule has 0 bridgehead atoms. The minimum Gasteiger partial charge on any atom is -0.461 e. The Balaban J connectivity index is 1.08. The molecule has 262 valence electrons. The molecular formula is C40H44N8O3. The first kappa shape index (κ1) is 35.2. The predicted octanol–water partition coefficient (Wildman–Crippen LogP) is 9.60. The Kier molecular flexibility index (Phi) is 11.3. The van der Waals surface area contributed by atoms with Crippen molar-refractivity contribution in [2.75, 3.05) is 30.3 Å².